The van der Waals surface area contributed by atoms with Gasteiger partial charge in [-0.15, -0.1) is 0 Å². The Morgan fingerprint density at radius 2 is 2.25 bits per heavy atom. The third kappa shape index (κ3) is 2.10. The Labute approximate surface area is 99.9 Å². The summed E-state index contributed by atoms with van der Waals surface area (Å²) in [5, 5.41) is 0.986. The highest BCUT2D eigenvalue weighted by Crippen LogP contribution is 2.26. The van der Waals surface area contributed by atoms with Gasteiger partial charge in [-0.1, -0.05) is 11.3 Å². The third-order valence-electron chi connectivity index (χ3n) is 3.16. The molecule has 1 aromatic heterocycles. The molecule has 88 valence electrons. The maximum Gasteiger partial charge on any atom is 0.186 e. The Morgan fingerprint density at radius 3 is 2.81 bits per heavy atom. The maximum atomic E-state index is 10.8. The van der Waals surface area contributed by atoms with E-state index >= 15 is 0 Å². The highest BCUT2D eigenvalue weighted by Gasteiger charge is 2.23. The fourth-order valence-corrected chi connectivity index (χ4v) is 2.78. The van der Waals surface area contributed by atoms with Crippen LogP contribution in [0, 0.1) is 6.92 Å². The zero-order chi connectivity index (χ0) is 11.7. The number of aryl methyl sites for hydroxylation is 1. The number of aromatic nitrogens is 1. The molecule has 2 heterocycles. The number of thiazole rings is 1. The second kappa shape index (κ2) is 4.51. The smallest absolute Gasteiger partial charge is 0.186 e. The lowest BCUT2D eigenvalue weighted by Gasteiger charge is -2.37. The minimum absolute atomic E-state index is 0.539. The summed E-state index contributed by atoms with van der Waals surface area (Å²) < 4.78 is 0. The average molecular weight is 239 g/mol. The summed E-state index contributed by atoms with van der Waals surface area (Å²) in [4.78, 5) is 20.6. The second-order valence-electron chi connectivity index (χ2n) is 4.34. The first-order valence-corrected chi connectivity index (χ1v) is 6.31. The van der Waals surface area contributed by atoms with Crippen LogP contribution in [0.5, 0.6) is 0 Å². The van der Waals surface area contributed by atoms with Crippen molar-refractivity contribution in [3.05, 3.63) is 10.6 Å². The molecule has 4 nitrogen and oxygen atoms in total. The number of likely N-dealkylation sites (N-methyl/N-ethyl adjacent to an activating group) is 1. The highest BCUT2D eigenvalue weighted by molar-refractivity contribution is 7.17. The lowest BCUT2D eigenvalue weighted by molar-refractivity contribution is 0.112. The van der Waals surface area contributed by atoms with E-state index in [2.05, 4.69) is 28.8 Å². The van der Waals surface area contributed by atoms with Crippen LogP contribution >= 0.6 is 11.3 Å². The first kappa shape index (κ1) is 11.5. The van der Waals surface area contributed by atoms with E-state index in [1.54, 1.807) is 0 Å². The molecule has 1 aliphatic heterocycles. The summed E-state index contributed by atoms with van der Waals surface area (Å²) in [6.45, 7) is 7.14. The first-order chi connectivity index (χ1) is 7.61. The molecule has 0 saturated carbocycles. The topological polar surface area (TPSA) is 36.4 Å². The molecule has 1 atom stereocenters. The minimum Gasteiger partial charge on any atom is -0.345 e. The van der Waals surface area contributed by atoms with Crippen LogP contribution in [-0.4, -0.2) is 48.9 Å². The average Bonchev–Trinajstić information content (AvgIpc) is 2.64. The van der Waals surface area contributed by atoms with Crippen molar-refractivity contribution in [3.8, 4) is 0 Å². The van der Waals surface area contributed by atoms with Crippen LogP contribution in [0.2, 0.25) is 0 Å². The van der Waals surface area contributed by atoms with Gasteiger partial charge >= 0.3 is 0 Å². The Kier molecular flexibility index (Phi) is 3.25. The van der Waals surface area contributed by atoms with Crippen LogP contribution in [0.15, 0.2) is 0 Å². The van der Waals surface area contributed by atoms with Gasteiger partial charge in [0, 0.05) is 25.7 Å². The summed E-state index contributed by atoms with van der Waals surface area (Å²) in [5.41, 5.74) is 0.849. The van der Waals surface area contributed by atoms with Gasteiger partial charge in [-0.25, -0.2) is 4.98 Å². The van der Waals surface area contributed by atoms with E-state index in [4.69, 9.17) is 0 Å². The predicted octanol–water partition coefficient (Wildman–Crippen LogP) is 1.40. The number of carbonyl (C=O) groups excluding carboxylic acids is 1. The molecule has 1 saturated heterocycles. The van der Waals surface area contributed by atoms with E-state index in [1.165, 1.54) is 11.3 Å². The van der Waals surface area contributed by atoms with E-state index in [0.717, 1.165) is 41.6 Å². The molecule has 0 amide bonds. The molecular weight excluding hydrogens is 222 g/mol. The van der Waals surface area contributed by atoms with Crippen molar-refractivity contribution in [3.63, 3.8) is 0 Å². The molecule has 1 aromatic rings. The van der Waals surface area contributed by atoms with Gasteiger partial charge in [0.05, 0.1) is 10.6 Å². The van der Waals surface area contributed by atoms with Crippen LogP contribution in [0.1, 0.15) is 22.3 Å². The van der Waals surface area contributed by atoms with Gasteiger partial charge in [-0.2, -0.15) is 0 Å². The number of nitrogens with zero attached hydrogens (tertiary/aromatic N) is 3. The SMILES string of the molecule is Cc1nc(N2CCN(C)C(C)C2)sc1C=O. The molecule has 0 aliphatic carbocycles. The molecule has 1 fully saturated rings. The van der Waals surface area contributed by atoms with Crippen molar-refractivity contribution < 1.29 is 4.79 Å². The van der Waals surface area contributed by atoms with Crippen molar-refractivity contribution >= 4 is 22.8 Å². The van der Waals surface area contributed by atoms with Crippen molar-refractivity contribution in [1.29, 1.82) is 0 Å². The van der Waals surface area contributed by atoms with E-state index in [9.17, 15) is 4.79 Å². The number of anilines is 1. The maximum absolute atomic E-state index is 10.8. The molecule has 0 radical (unpaired) electrons. The van der Waals surface area contributed by atoms with E-state index in [1.807, 2.05) is 6.92 Å². The lowest BCUT2D eigenvalue weighted by Crippen LogP contribution is -2.50. The van der Waals surface area contributed by atoms with Crippen LogP contribution in [0.25, 0.3) is 0 Å². The quantitative estimate of drug-likeness (QED) is 0.731. The highest BCUT2D eigenvalue weighted by atomic mass is 32.1. The second-order valence-corrected chi connectivity index (χ2v) is 5.35. The van der Waals surface area contributed by atoms with Crippen LogP contribution in [0.4, 0.5) is 5.13 Å². The molecular formula is C11H17N3OS. The van der Waals surface area contributed by atoms with E-state index in [-0.39, 0.29) is 0 Å². The van der Waals surface area contributed by atoms with E-state index in [0.29, 0.717) is 6.04 Å². The van der Waals surface area contributed by atoms with Crippen LogP contribution < -0.4 is 4.90 Å². The minimum atomic E-state index is 0.539. The zero-order valence-corrected chi connectivity index (χ0v) is 10.8. The van der Waals surface area contributed by atoms with E-state index < -0.39 is 0 Å². The molecule has 16 heavy (non-hydrogen) atoms. The van der Waals surface area contributed by atoms with Crippen LogP contribution in [0.3, 0.4) is 0 Å². The molecule has 5 heteroatoms. The fraction of sp³-hybridized carbons (Fsp3) is 0.636. The van der Waals surface area contributed by atoms with Crippen molar-refractivity contribution in [2.24, 2.45) is 0 Å². The van der Waals surface area contributed by atoms with Crippen molar-refractivity contribution in [2.75, 3.05) is 31.6 Å². The van der Waals surface area contributed by atoms with Gasteiger partial charge in [0.15, 0.2) is 11.4 Å². The standard InChI is InChI=1S/C11H17N3OS/c1-8-6-14(5-4-13(8)3)11-12-9(2)10(7-15)16-11/h7-8H,4-6H2,1-3H3. The molecule has 1 unspecified atom stereocenters. The van der Waals surface area contributed by atoms with Gasteiger partial charge in [-0.05, 0) is 20.9 Å². The normalized spacial score (nSPS) is 22.4. The Balaban J connectivity index is 2.15. The number of carbonyl (C=O) groups is 1. The van der Waals surface area contributed by atoms with Crippen molar-refractivity contribution in [1.82, 2.24) is 9.88 Å². The van der Waals surface area contributed by atoms with Gasteiger partial charge in [0.25, 0.3) is 0 Å². The number of aldehydes is 1. The molecule has 0 N–H and O–H groups in total. The predicted molar refractivity (Wildman–Crippen MR) is 66.5 cm³/mol. The molecule has 1 aliphatic rings. The first-order valence-electron chi connectivity index (χ1n) is 5.49. The number of piperazine rings is 1. The number of hydrogen-bond acceptors (Lipinski definition) is 5. The van der Waals surface area contributed by atoms with Gasteiger partial charge in [0.1, 0.15) is 0 Å². The van der Waals surface area contributed by atoms with Gasteiger partial charge in [0.2, 0.25) is 0 Å². The monoisotopic (exact) mass is 239 g/mol. The summed E-state index contributed by atoms with van der Waals surface area (Å²) in [7, 11) is 2.14. The largest absolute Gasteiger partial charge is 0.345 e. The summed E-state index contributed by atoms with van der Waals surface area (Å²) in [6, 6.07) is 0.539. The zero-order valence-electron chi connectivity index (χ0n) is 9.93. The van der Waals surface area contributed by atoms with Crippen molar-refractivity contribution in [2.45, 2.75) is 19.9 Å². The van der Waals surface area contributed by atoms with Crippen LogP contribution in [-0.2, 0) is 0 Å². The fourth-order valence-electron chi connectivity index (χ4n) is 1.86. The number of hydrogen-bond donors (Lipinski definition) is 0. The summed E-state index contributed by atoms with van der Waals surface area (Å²) in [6.07, 6.45) is 0.899. The number of rotatable bonds is 2. The van der Waals surface area contributed by atoms with Gasteiger partial charge in [-0.3, -0.25) is 4.79 Å². The third-order valence-corrected chi connectivity index (χ3v) is 4.30. The Morgan fingerprint density at radius 1 is 1.50 bits per heavy atom. The summed E-state index contributed by atoms with van der Waals surface area (Å²) >= 11 is 1.50. The lowest BCUT2D eigenvalue weighted by atomic mass is 10.2. The Bertz CT molecular complexity index is 391. The Hall–Kier alpha value is -0.940. The molecule has 0 aromatic carbocycles. The molecule has 0 bridgehead atoms. The molecule has 2 rings (SSSR count). The molecule has 0 spiro atoms. The summed E-state index contributed by atoms with van der Waals surface area (Å²) in [5.74, 6) is 0. The van der Waals surface area contributed by atoms with Gasteiger partial charge < -0.3 is 9.80 Å².